The van der Waals surface area contributed by atoms with Crippen molar-refractivity contribution in [2.45, 2.75) is 6.36 Å². The highest BCUT2D eigenvalue weighted by Gasteiger charge is 2.32. The third kappa shape index (κ3) is 3.72. The normalized spacial score (nSPS) is 12.8. The van der Waals surface area contributed by atoms with Crippen LogP contribution in [0.5, 0.6) is 5.75 Å². The lowest BCUT2D eigenvalue weighted by Crippen LogP contribution is -2.17. The van der Waals surface area contributed by atoms with Gasteiger partial charge in [0.2, 0.25) is 0 Å². The molecule has 0 fully saturated rings. The minimum atomic E-state index is -4.88. The number of fused-ring (bicyclic) bond motifs is 3. The molecule has 12 heteroatoms. The molecule has 0 spiro atoms. The summed E-state index contributed by atoms with van der Waals surface area (Å²) in [6.07, 6.45) is -2.62. The first kappa shape index (κ1) is 18.0. The second kappa shape index (κ2) is 5.85. The lowest BCUT2D eigenvalue weighted by Gasteiger charge is -2.10. The number of hydrogen-bond donors (Lipinski definition) is 0. The maximum atomic E-state index is 12.4. The number of hydrogen-bond acceptors (Lipinski definition) is 6. The minimum Gasteiger partial charge on any atom is -0.404 e. The Bertz CT molecular complexity index is 1100. The molecule has 134 valence electrons. The van der Waals surface area contributed by atoms with Gasteiger partial charge in [-0.15, -0.1) is 13.2 Å². The van der Waals surface area contributed by atoms with Crippen LogP contribution in [0.4, 0.5) is 13.2 Å². The highest BCUT2D eigenvalue weighted by molar-refractivity contribution is 7.91. The van der Waals surface area contributed by atoms with Gasteiger partial charge in [-0.1, -0.05) is 22.9 Å². The van der Waals surface area contributed by atoms with Crippen LogP contribution >= 0.6 is 22.9 Å². The molecule has 25 heavy (non-hydrogen) atoms. The second-order valence-electron chi connectivity index (χ2n) is 5.15. The van der Waals surface area contributed by atoms with Gasteiger partial charge in [-0.25, -0.2) is 13.4 Å². The van der Waals surface area contributed by atoms with E-state index >= 15 is 0 Å². The Hall–Kier alpha value is -1.85. The van der Waals surface area contributed by atoms with E-state index in [1.807, 2.05) is 0 Å². The number of ketones is 1. The first-order chi connectivity index (χ1) is 11.4. The van der Waals surface area contributed by atoms with Crippen molar-refractivity contribution in [2.24, 2.45) is 0 Å². The monoisotopic (exact) mass is 412 g/mol. The van der Waals surface area contributed by atoms with Gasteiger partial charge in [-0.3, -0.25) is 9.20 Å². The van der Waals surface area contributed by atoms with E-state index in [1.54, 1.807) is 0 Å². The van der Waals surface area contributed by atoms with Gasteiger partial charge in [0.15, 0.2) is 20.6 Å². The van der Waals surface area contributed by atoms with Gasteiger partial charge in [0.25, 0.3) is 0 Å². The van der Waals surface area contributed by atoms with Gasteiger partial charge in [0.1, 0.15) is 22.2 Å². The number of imidazole rings is 1. The van der Waals surface area contributed by atoms with Gasteiger partial charge >= 0.3 is 6.36 Å². The highest BCUT2D eigenvalue weighted by atomic mass is 35.5. The fraction of sp³-hybridized carbons (Fsp3) is 0.231. The van der Waals surface area contributed by atoms with Crippen LogP contribution in [0.1, 0.15) is 10.5 Å². The zero-order valence-electron chi connectivity index (χ0n) is 12.3. The molecular weight excluding hydrogens is 405 g/mol. The maximum absolute atomic E-state index is 12.4. The van der Waals surface area contributed by atoms with Crippen LogP contribution in [-0.2, 0) is 9.84 Å². The van der Waals surface area contributed by atoms with E-state index in [9.17, 15) is 26.4 Å². The lowest BCUT2D eigenvalue weighted by molar-refractivity contribution is -0.274. The number of benzene rings is 1. The van der Waals surface area contributed by atoms with Crippen LogP contribution in [0, 0.1) is 0 Å². The van der Waals surface area contributed by atoms with E-state index in [2.05, 4.69) is 9.72 Å². The Morgan fingerprint density at radius 1 is 1.40 bits per heavy atom. The van der Waals surface area contributed by atoms with E-state index in [-0.39, 0.29) is 15.7 Å². The number of aromatic nitrogens is 2. The molecule has 0 saturated carbocycles. The van der Waals surface area contributed by atoms with Crippen molar-refractivity contribution in [2.75, 3.05) is 12.0 Å². The quantitative estimate of drug-likeness (QED) is 0.614. The number of ether oxygens (including phenoxy) is 1. The first-order valence-electron chi connectivity index (χ1n) is 6.51. The van der Waals surface area contributed by atoms with Gasteiger partial charge in [0.05, 0.1) is 10.2 Å². The van der Waals surface area contributed by atoms with E-state index in [4.69, 9.17) is 11.6 Å². The number of thiazole rings is 1. The minimum absolute atomic E-state index is 0.0506. The topological polar surface area (TPSA) is 77.7 Å². The Labute approximate surface area is 147 Å². The average Bonchev–Trinajstić information content (AvgIpc) is 2.97. The zero-order chi connectivity index (χ0) is 18.6. The smallest absolute Gasteiger partial charge is 0.404 e. The fourth-order valence-corrected chi connectivity index (χ4v) is 4.14. The summed E-state index contributed by atoms with van der Waals surface area (Å²) < 4.78 is 65.1. The number of nitrogens with zero attached hydrogens (tertiary/aromatic N) is 2. The third-order valence-electron chi connectivity index (χ3n) is 3.07. The number of rotatable bonds is 4. The highest BCUT2D eigenvalue weighted by Crippen LogP contribution is 2.40. The van der Waals surface area contributed by atoms with E-state index in [0.717, 1.165) is 23.7 Å². The molecule has 0 aliphatic rings. The Morgan fingerprint density at radius 3 is 2.68 bits per heavy atom. The van der Waals surface area contributed by atoms with E-state index in [1.165, 1.54) is 16.7 Å². The summed E-state index contributed by atoms with van der Waals surface area (Å²) >= 11 is 6.92. The predicted molar refractivity (Wildman–Crippen MR) is 86.3 cm³/mol. The average molecular weight is 413 g/mol. The van der Waals surface area contributed by atoms with Crippen molar-refractivity contribution in [3.05, 3.63) is 29.0 Å². The molecule has 0 bridgehead atoms. The van der Waals surface area contributed by atoms with E-state index in [0.29, 0.717) is 10.2 Å². The summed E-state index contributed by atoms with van der Waals surface area (Å²) in [5.74, 6) is -1.89. The molecule has 2 heterocycles. The second-order valence-corrected chi connectivity index (χ2v) is 8.64. The number of alkyl halides is 3. The lowest BCUT2D eigenvalue weighted by atomic mass is 10.3. The van der Waals surface area contributed by atoms with Crippen molar-refractivity contribution < 1.29 is 31.1 Å². The Kier molecular flexibility index (Phi) is 4.20. The Balaban J connectivity index is 2.06. The summed E-state index contributed by atoms with van der Waals surface area (Å²) in [7, 11) is -3.50. The first-order valence-corrected chi connectivity index (χ1v) is 9.77. The largest absolute Gasteiger partial charge is 0.573 e. The van der Waals surface area contributed by atoms with E-state index < -0.39 is 33.5 Å². The molecule has 1 aromatic carbocycles. The zero-order valence-corrected chi connectivity index (χ0v) is 14.7. The van der Waals surface area contributed by atoms with Gasteiger partial charge < -0.3 is 4.74 Å². The third-order valence-corrected chi connectivity index (χ3v) is 5.43. The summed E-state index contributed by atoms with van der Waals surface area (Å²) in [5, 5.41) is -0.227. The molecule has 2 aromatic heterocycles. The number of carbonyl (C=O) groups is 1. The van der Waals surface area contributed by atoms with Crippen LogP contribution in [0.15, 0.2) is 18.3 Å². The molecule has 3 aromatic rings. The number of Topliss-reactive ketones (excluding diaryl/α,β-unsaturated/α-hetero) is 1. The fourth-order valence-electron chi connectivity index (χ4n) is 2.16. The van der Waals surface area contributed by atoms with Gasteiger partial charge in [0, 0.05) is 12.5 Å². The van der Waals surface area contributed by atoms with Crippen molar-refractivity contribution in [3.8, 4) is 5.75 Å². The van der Waals surface area contributed by atoms with Crippen molar-refractivity contribution in [3.63, 3.8) is 0 Å². The standard InChI is InChI=1S/C13H8ClF3N2O4S2/c1-25(21,22)5-8(20)6-4-19-7-2-3-9(23-13(15,16)17)10(14)11(7)24-12(19)18-6/h2-4H,5H2,1H3. The van der Waals surface area contributed by atoms with Crippen molar-refractivity contribution >= 4 is 53.7 Å². The molecular formula is C13H8ClF3N2O4S2. The van der Waals surface area contributed by atoms with Crippen molar-refractivity contribution in [1.29, 1.82) is 0 Å². The molecule has 0 N–H and O–H groups in total. The number of carbonyl (C=O) groups excluding carboxylic acids is 1. The summed E-state index contributed by atoms with van der Waals surface area (Å²) in [5.41, 5.74) is 0.371. The van der Waals surface area contributed by atoms with Crippen LogP contribution in [0.25, 0.3) is 15.2 Å². The molecule has 6 nitrogen and oxygen atoms in total. The van der Waals surface area contributed by atoms with Crippen LogP contribution in [-0.4, -0.2) is 42.0 Å². The SMILES string of the molecule is CS(=O)(=O)CC(=O)c1cn2c(n1)sc1c(Cl)c(OC(F)(F)F)ccc12. The molecule has 0 radical (unpaired) electrons. The maximum Gasteiger partial charge on any atom is 0.573 e. The van der Waals surface area contributed by atoms with Gasteiger partial charge in [-0.2, -0.15) is 0 Å². The molecule has 0 unspecified atom stereocenters. The molecule has 0 aliphatic carbocycles. The van der Waals surface area contributed by atoms with Gasteiger partial charge in [-0.05, 0) is 12.1 Å². The Morgan fingerprint density at radius 2 is 2.08 bits per heavy atom. The molecule has 0 aliphatic heterocycles. The van der Waals surface area contributed by atoms with Crippen LogP contribution < -0.4 is 4.74 Å². The number of halogens is 4. The molecule has 0 atom stereocenters. The molecule has 0 amide bonds. The summed E-state index contributed by atoms with van der Waals surface area (Å²) in [6, 6.07) is 2.40. The predicted octanol–water partition coefficient (Wildman–Crippen LogP) is 3.33. The summed E-state index contributed by atoms with van der Waals surface area (Å²) in [6.45, 7) is 0. The van der Waals surface area contributed by atoms with Crippen molar-refractivity contribution in [1.82, 2.24) is 9.38 Å². The van der Waals surface area contributed by atoms with Crippen LogP contribution in [0.3, 0.4) is 0 Å². The molecule has 0 saturated heterocycles. The van der Waals surface area contributed by atoms with Crippen LogP contribution in [0.2, 0.25) is 5.02 Å². The summed E-state index contributed by atoms with van der Waals surface area (Å²) in [4.78, 5) is 16.2. The number of sulfone groups is 1. The molecule has 3 rings (SSSR count).